The number of carboxylic acids is 1. The van der Waals surface area contributed by atoms with Crippen molar-refractivity contribution in [3.05, 3.63) is 22.7 Å². The number of anilines is 1. The van der Waals surface area contributed by atoms with Crippen molar-refractivity contribution in [1.82, 2.24) is 4.98 Å². The van der Waals surface area contributed by atoms with Gasteiger partial charge in [0, 0.05) is 11.6 Å². The van der Waals surface area contributed by atoms with Crippen LogP contribution in [0.5, 0.6) is 0 Å². The van der Waals surface area contributed by atoms with E-state index in [0.717, 1.165) is 12.8 Å². The van der Waals surface area contributed by atoms with E-state index in [1.54, 1.807) is 11.6 Å². The number of hydrogen-bond acceptors (Lipinski definition) is 4. The fourth-order valence-corrected chi connectivity index (χ4v) is 4.61. The van der Waals surface area contributed by atoms with E-state index in [0.29, 0.717) is 5.13 Å². The Bertz CT molecular complexity index is 604. The predicted molar refractivity (Wildman–Crippen MR) is 79.9 cm³/mol. The molecule has 2 saturated carbocycles. The Labute approximate surface area is 127 Å². The largest absolute Gasteiger partial charge is 0.481 e. The van der Waals surface area contributed by atoms with Gasteiger partial charge < -0.3 is 10.4 Å². The van der Waals surface area contributed by atoms with Crippen LogP contribution in [0.3, 0.4) is 0 Å². The first-order valence-electron chi connectivity index (χ1n) is 7.11. The third-order valence-electron chi connectivity index (χ3n) is 4.67. The van der Waals surface area contributed by atoms with Crippen LogP contribution < -0.4 is 5.32 Å². The van der Waals surface area contributed by atoms with Crippen LogP contribution in [-0.2, 0) is 9.59 Å². The van der Waals surface area contributed by atoms with E-state index in [1.165, 1.54) is 22.5 Å². The Kier molecular flexibility index (Phi) is 3.57. The van der Waals surface area contributed by atoms with E-state index in [4.69, 9.17) is 0 Å². The van der Waals surface area contributed by atoms with Crippen molar-refractivity contribution in [2.24, 2.45) is 23.7 Å². The van der Waals surface area contributed by atoms with E-state index in [2.05, 4.69) is 10.3 Å². The second kappa shape index (κ2) is 5.26. The molecule has 0 aliphatic heterocycles. The van der Waals surface area contributed by atoms with E-state index in [9.17, 15) is 14.7 Å². The minimum Gasteiger partial charge on any atom is -0.481 e. The van der Waals surface area contributed by atoms with Gasteiger partial charge >= 0.3 is 5.97 Å². The number of fused-ring (bicyclic) bond motifs is 2. The molecule has 0 saturated heterocycles. The molecule has 0 aromatic carbocycles. The predicted octanol–water partition coefficient (Wildman–Crippen LogP) is 2.77. The number of amides is 1. The Morgan fingerprint density at radius 1 is 1.29 bits per heavy atom. The summed E-state index contributed by atoms with van der Waals surface area (Å²) in [4.78, 5) is 28.3. The van der Waals surface area contributed by atoms with Gasteiger partial charge in [-0.2, -0.15) is 0 Å². The topological polar surface area (TPSA) is 79.3 Å². The molecule has 1 heterocycles. The molecule has 1 aromatic heterocycles. The summed E-state index contributed by atoms with van der Waals surface area (Å²) in [5.74, 6) is -2.06. The lowest BCUT2D eigenvalue weighted by molar-refractivity contribution is -0.148. The number of hydrogen-bond donors (Lipinski definition) is 2. The highest BCUT2D eigenvalue weighted by atomic mass is 32.1. The van der Waals surface area contributed by atoms with Gasteiger partial charge in [-0.1, -0.05) is 11.1 Å². The summed E-state index contributed by atoms with van der Waals surface area (Å²) < 4.78 is 0. The third kappa shape index (κ3) is 2.27. The maximum Gasteiger partial charge on any atom is 0.307 e. The number of aromatic nitrogens is 1. The Morgan fingerprint density at radius 2 is 1.95 bits per heavy atom. The van der Waals surface area contributed by atoms with Crippen LogP contribution in [0.1, 0.15) is 26.7 Å². The van der Waals surface area contributed by atoms with Crippen molar-refractivity contribution >= 4 is 28.3 Å². The van der Waals surface area contributed by atoms with Gasteiger partial charge in [0.1, 0.15) is 0 Å². The molecule has 2 aliphatic rings. The summed E-state index contributed by atoms with van der Waals surface area (Å²) in [5, 5.41) is 14.7. The molecular weight excluding hydrogens is 288 g/mol. The quantitative estimate of drug-likeness (QED) is 0.842. The molecule has 2 aliphatic carbocycles. The summed E-state index contributed by atoms with van der Waals surface area (Å²) in [7, 11) is 0. The Balaban J connectivity index is 1.91. The Hall–Kier alpha value is -1.69. The smallest absolute Gasteiger partial charge is 0.307 e. The monoisotopic (exact) mass is 306 g/mol. The molecule has 4 atom stereocenters. The minimum absolute atomic E-state index is 0.0181. The maximum atomic E-state index is 12.6. The van der Waals surface area contributed by atoms with Gasteiger partial charge in [-0.05, 0) is 38.5 Å². The highest BCUT2D eigenvalue weighted by Gasteiger charge is 2.57. The lowest BCUT2D eigenvalue weighted by Crippen LogP contribution is -2.37. The molecule has 0 unspecified atom stereocenters. The second-order valence-electron chi connectivity index (χ2n) is 5.96. The summed E-state index contributed by atoms with van der Waals surface area (Å²) in [6.45, 7) is 4.03. The van der Waals surface area contributed by atoms with Gasteiger partial charge in [0.25, 0.3) is 0 Å². The highest BCUT2D eigenvalue weighted by Crippen LogP contribution is 2.57. The molecule has 6 heteroatoms. The summed E-state index contributed by atoms with van der Waals surface area (Å²) in [5.41, 5.74) is 2.36. The number of nitrogens with zero attached hydrogens (tertiary/aromatic N) is 1. The number of carboxylic acid groups (broad SMARTS) is 1. The van der Waals surface area contributed by atoms with Crippen molar-refractivity contribution in [3.63, 3.8) is 0 Å². The van der Waals surface area contributed by atoms with E-state index >= 15 is 0 Å². The van der Waals surface area contributed by atoms with Crippen molar-refractivity contribution in [3.8, 4) is 0 Å². The number of rotatable bonds is 3. The minimum atomic E-state index is -0.861. The van der Waals surface area contributed by atoms with Gasteiger partial charge in [-0.25, -0.2) is 4.98 Å². The number of aliphatic carboxylic acids is 1. The second-order valence-corrected chi connectivity index (χ2v) is 6.86. The van der Waals surface area contributed by atoms with Crippen LogP contribution in [0, 0.1) is 23.7 Å². The normalized spacial score (nSPS) is 30.5. The number of allylic oxidation sites excluding steroid dienone is 2. The molecule has 3 rings (SSSR count). The highest BCUT2D eigenvalue weighted by molar-refractivity contribution is 7.13. The molecule has 112 valence electrons. The zero-order valence-electron chi connectivity index (χ0n) is 12.0. The van der Waals surface area contributed by atoms with Gasteiger partial charge in [0.2, 0.25) is 5.91 Å². The van der Waals surface area contributed by atoms with Crippen LogP contribution >= 0.6 is 11.3 Å². The zero-order chi connectivity index (χ0) is 15.1. The molecule has 2 fully saturated rings. The van der Waals surface area contributed by atoms with Crippen LogP contribution in [-0.4, -0.2) is 22.0 Å². The molecule has 1 amide bonds. The van der Waals surface area contributed by atoms with E-state index in [1.807, 2.05) is 13.8 Å². The fraction of sp³-hybridized carbons (Fsp3) is 0.533. The molecule has 0 radical (unpaired) electrons. The average Bonchev–Trinajstić information content (AvgIpc) is 3.11. The SMILES string of the molecule is CC(C)=C1[C@H]2CC[C@H]1[C@H](C(=O)Nc1nccs1)[C@H]2C(=O)O. The lowest BCUT2D eigenvalue weighted by atomic mass is 9.79. The first-order valence-corrected chi connectivity index (χ1v) is 7.99. The van der Waals surface area contributed by atoms with Gasteiger partial charge in [0.05, 0.1) is 11.8 Å². The first kappa shape index (κ1) is 14.3. The van der Waals surface area contributed by atoms with Crippen LogP contribution in [0.2, 0.25) is 0 Å². The summed E-state index contributed by atoms with van der Waals surface area (Å²) in [6.07, 6.45) is 3.41. The third-order valence-corrected chi connectivity index (χ3v) is 5.36. The van der Waals surface area contributed by atoms with Crippen LogP contribution in [0.4, 0.5) is 5.13 Å². The van der Waals surface area contributed by atoms with Crippen molar-refractivity contribution in [2.45, 2.75) is 26.7 Å². The maximum absolute atomic E-state index is 12.6. The molecule has 2 bridgehead atoms. The molecular formula is C15H18N2O3S. The number of carbonyl (C=O) groups is 2. The zero-order valence-corrected chi connectivity index (χ0v) is 12.8. The molecule has 2 N–H and O–H groups in total. The van der Waals surface area contributed by atoms with Crippen molar-refractivity contribution < 1.29 is 14.7 Å². The Morgan fingerprint density at radius 3 is 2.48 bits per heavy atom. The average molecular weight is 306 g/mol. The van der Waals surface area contributed by atoms with E-state index < -0.39 is 17.8 Å². The number of thiazole rings is 1. The molecule has 0 spiro atoms. The fourth-order valence-electron chi connectivity index (χ4n) is 4.08. The van der Waals surface area contributed by atoms with Crippen LogP contribution in [0.25, 0.3) is 0 Å². The van der Waals surface area contributed by atoms with Crippen LogP contribution in [0.15, 0.2) is 22.7 Å². The first-order chi connectivity index (χ1) is 10.0. The molecule has 5 nitrogen and oxygen atoms in total. The molecule has 1 aromatic rings. The standard InChI is InChI=1S/C15H18N2O3S/c1-7(2)10-8-3-4-9(10)12(14(19)20)11(8)13(18)17-15-16-5-6-21-15/h5-6,8-9,11-12H,3-4H2,1-2H3,(H,19,20)(H,16,17,18)/t8-,9-,11+,12+/m1/s1. The van der Waals surface area contributed by atoms with E-state index in [-0.39, 0.29) is 17.7 Å². The van der Waals surface area contributed by atoms with Gasteiger partial charge in [-0.15, -0.1) is 11.3 Å². The van der Waals surface area contributed by atoms with Gasteiger partial charge in [0.15, 0.2) is 5.13 Å². The van der Waals surface area contributed by atoms with Crippen molar-refractivity contribution in [2.75, 3.05) is 5.32 Å². The number of nitrogens with one attached hydrogen (secondary N) is 1. The number of carbonyl (C=O) groups excluding carboxylic acids is 1. The lowest BCUT2D eigenvalue weighted by Gasteiger charge is -2.25. The molecule has 21 heavy (non-hydrogen) atoms. The van der Waals surface area contributed by atoms with Crippen molar-refractivity contribution in [1.29, 1.82) is 0 Å². The summed E-state index contributed by atoms with van der Waals surface area (Å²) in [6, 6.07) is 0. The van der Waals surface area contributed by atoms with Gasteiger partial charge in [-0.3, -0.25) is 9.59 Å². The summed E-state index contributed by atoms with van der Waals surface area (Å²) >= 11 is 1.34.